The minimum absolute atomic E-state index is 0.0114. The van der Waals surface area contributed by atoms with Gasteiger partial charge in [0, 0.05) is 38.8 Å². The maximum absolute atomic E-state index is 11.9. The van der Waals surface area contributed by atoms with Gasteiger partial charge >= 0.3 is 11.9 Å². The Bertz CT molecular complexity index is 495. The van der Waals surface area contributed by atoms with Crippen LogP contribution in [-0.4, -0.2) is 97.1 Å². The van der Waals surface area contributed by atoms with E-state index in [-0.39, 0.29) is 17.6 Å². The van der Waals surface area contributed by atoms with Crippen molar-refractivity contribution < 1.29 is 29.3 Å². The Labute approximate surface area is 148 Å². The molecular weight excluding hydrogens is 328 g/mol. The first-order chi connectivity index (χ1) is 12.0. The van der Waals surface area contributed by atoms with Crippen molar-refractivity contribution in [3.05, 3.63) is 11.1 Å². The van der Waals surface area contributed by atoms with Gasteiger partial charge in [-0.05, 0) is 12.8 Å². The zero-order valence-electron chi connectivity index (χ0n) is 14.8. The molecule has 0 aromatic rings. The van der Waals surface area contributed by atoms with Gasteiger partial charge in [0.25, 0.3) is 0 Å². The number of carboxylic acids is 2. The van der Waals surface area contributed by atoms with E-state index >= 15 is 0 Å². The lowest BCUT2D eigenvalue weighted by atomic mass is 9.94. The van der Waals surface area contributed by atoms with Gasteiger partial charge in [-0.3, -0.25) is 9.80 Å². The molecule has 0 amide bonds. The zero-order chi connectivity index (χ0) is 18.2. The molecule has 0 bridgehead atoms. The van der Waals surface area contributed by atoms with Crippen LogP contribution < -0.4 is 0 Å². The molecule has 2 N–H and O–H groups in total. The van der Waals surface area contributed by atoms with Crippen LogP contribution in [0.15, 0.2) is 11.1 Å². The lowest BCUT2D eigenvalue weighted by Gasteiger charge is -2.35. The smallest absolute Gasteiger partial charge is 0.333 e. The highest BCUT2D eigenvalue weighted by Crippen LogP contribution is 2.22. The summed E-state index contributed by atoms with van der Waals surface area (Å²) in [5.74, 6) is -2.28. The van der Waals surface area contributed by atoms with Crippen molar-refractivity contribution in [2.24, 2.45) is 0 Å². The van der Waals surface area contributed by atoms with Crippen LogP contribution in [0.1, 0.15) is 19.8 Å². The standard InChI is InChI=1S/C17H28N2O6/c1-2-14(19-7-11-25-12-8-19)15(17(22)23)13(16(20)21)3-4-18-5-9-24-10-6-18/h14H,2-12H2,1H3,(H,20,21)(H,22,23). The van der Waals surface area contributed by atoms with E-state index in [2.05, 4.69) is 4.90 Å². The van der Waals surface area contributed by atoms with Crippen molar-refractivity contribution in [1.29, 1.82) is 0 Å². The van der Waals surface area contributed by atoms with Gasteiger partial charge in [0.15, 0.2) is 0 Å². The molecule has 2 heterocycles. The summed E-state index contributed by atoms with van der Waals surface area (Å²) in [5.41, 5.74) is 0.0301. The van der Waals surface area contributed by atoms with E-state index < -0.39 is 18.0 Å². The summed E-state index contributed by atoms with van der Waals surface area (Å²) < 4.78 is 10.6. The van der Waals surface area contributed by atoms with Crippen LogP contribution in [0.4, 0.5) is 0 Å². The second-order valence-corrected chi connectivity index (χ2v) is 6.28. The van der Waals surface area contributed by atoms with E-state index in [0.717, 1.165) is 13.1 Å². The van der Waals surface area contributed by atoms with Gasteiger partial charge in [-0.2, -0.15) is 0 Å². The summed E-state index contributed by atoms with van der Waals surface area (Å²) >= 11 is 0. The molecule has 0 spiro atoms. The molecule has 0 saturated carbocycles. The molecule has 1 atom stereocenters. The highest BCUT2D eigenvalue weighted by molar-refractivity contribution is 5.99. The first-order valence-electron chi connectivity index (χ1n) is 8.86. The van der Waals surface area contributed by atoms with E-state index in [1.165, 1.54) is 0 Å². The minimum atomic E-state index is -1.14. The SMILES string of the molecule is CCC(C(C(=O)O)=C(CCN1CCOCC1)C(=O)O)N1CCOCC1. The number of aliphatic carboxylic acids is 2. The van der Waals surface area contributed by atoms with Gasteiger partial charge in [0.2, 0.25) is 0 Å². The molecular formula is C17H28N2O6. The highest BCUT2D eigenvalue weighted by Gasteiger charge is 2.32. The van der Waals surface area contributed by atoms with Crippen LogP contribution in [-0.2, 0) is 19.1 Å². The predicted octanol–water partition coefficient (Wildman–Crippen LogP) is 0.285. The van der Waals surface area contributed by atoms with Crippen LogP contribution in [0.3, 0.4) is 0 Å². The average molecular weight is 356 g/mol. The molecule has 1 unspecified atom stereocenters. The van der Waals surface area contributed by atoms with Crippen molar-refractivity contribution >= 4 is 11.9 Å². The van der Waals surface area contributed by atoms with Gasteiger partial charge in [-0.25, -0.2) is 9.59 Å². The van der Waals surface area contributed by atoms with E-state index in [1.54, 1.807) is 0 Å². The number of hydrogen-bond donors (Lipinski definition) is 2. The van der Waals surface area contributed by atoms with Crippen molar-refractivity contribution in [1.82, 2.24) is 9.80 Å². The lowest BCUT2D eigenvalue weighted by molar-refractivity contribution is -0.137. The van der Waals surface area contributed by atoms with Crippen LogP contribution in [0, 0.1) is 0 Å². The summed E-state index contributed by atoms with van der Waals surface area (Å²) in [7, 11) is 0. The van der Waals surface area contributed by atoms with E-state index in [9.17, 15) is 19.8 Å². The number of ether oxygens (including phenoxy) is 2. The van der Waals surface area contributed by atoms with Crippen molar-refractivity contribution in [3.8, 4) is 0 Å². The largest absolute Gasteiger partial charge is 0.478 e. The van der Waals surface area contributed by atoms with E-state index in [4.69, 9.17) is 9.47 Å². The Balaban J connectivity index is 2.21. The molecule has 0 aliphatic carbocycles. The molecule has 8 heteroatoms. The topological polar surface area (TPSA) is 99.5 Å². The summed E-state index contributed by atoms with van der Waals surface area (Å²) in [4.78, 5) is 27.9. The molecule has 2 aliphatic heterocycles. The van der Waals surface area contributed by atoms with Gasteiger partial charge in [-0.15, -0.1) is 0 Å². The second-order valence-electron chi connectivity index (χ2n) is 6.28. The Morgan fingerprint density at radius 2 is 1.52 bits per heavy atom. The fourth-order valence-electron chi connectivity index (χ4n) is 3.46. The first-order valence-corrected chi connectivity index (χ1v) is 8.86. The quantitative estimate of drug-likeness (QED) is 0.599. The minimum Gasteiger partial charge on any atom is -0.478 e. The Morgan fingerprint density at radius 1 is 0.960 bits per heavy atom. The molecule has 2 aliphatic rings. The first kappa shape index (κ1) is 19.8. The third kappa shape index (κ3) is 5.50. The average Bonchev–Trinajstić information content (AvgIpc) is 2.62. The molecule has 8 nitrogen and oxygen atoms in total. The Kier molecular flexibility index (Phi) is 7.83. The maximum Gasteiger partial charge on any atom is 0.333 e. The lowest BCUT2D eigenvalue weighted by Crippen LogP contribution is -2.46. The van der Waals surface area contributed by atoms with Crippen LogP contribution in [0.25, 0.3) is 0 Å². The molecule has 142 valence electrons. The van der Waals surface area contributed by atoms with Gasteiger partial charge in [0.1, 0.15) is 0 Å². The molecule has 25 heavy (non-hydrogen) atoms. The molecule has 2 fully saturated rings. The van der Waals surface area contributed by atoms with Gasteiger partial charge in [-0.1, -0.05) is 6.92 Å². The third-order valence-electron chi connectivity index (χ3n) is 4.80. The number of nitrogens with zero attached hydrogens (tertiary/aromatic N) is 2. The van der Waals surface area contributed by atoms with Crippen LogP contribution in [0.5, 0.6) is 0 Å². The molecule has 2 rings (SSSR count). The number of morpholine rings is 2. The Hall–Kier alpha value is -1.48. The summed E-state index contributed by atoms with van der Waals surface area (Å²) in [5, 5.41) is 19.4. The van der Waals surface area contributed by atoms with Gasteiger partial charge in [0.05, 0.1) is 37.6 Å². The molecule has 0 aromatic carbocycles. The third-order valence-corrected chi connectivity index (χ3v) is 4.80. The predicted molar refractivity (Wildman–Crippen MR) is 90.6 cm³/mol. The second kappa shape index (κ2) is 9.86. The van der Waals surface area contributed by atoms with Crippen LogP contribution in [0.2, 0.25) is 0 Å². The molecule has 2 saturated heterocycles. The van der Waals surface area contributed by atoms with Crippen molar-refractivity contribution in [2.45, 2.75) is 25.8 Å². The van der Waals surface area contributed by atoms with E-state index in [0.29, 0.717) is 52.5 Å². The van der Waals surface area contributed by atoms with Crippen LogP contribution >= 0.6 is 0 Å². The summed E-state index contributed by atoms with van der Waals surface area (Å²) in [6, 6.07) is -0.405. The summed E-state index contributed by atoms with van der Waals surface area (Å²) in [6.07, 6.45) is 0.772. The fourth-order valence-corrected chi connectivity index (χ4v) is 3.46. The summed E-state index contributed by atoms with van der Waals surface area (Å²) in [6.45, 7) is 7.49. The zero-order valence-corrected chi connectivity index (χ0v) is 14.8. The number of hydrogen-bond acceptors (Lipinski definition) is 6. The Morgan fingerprint density at radius 3 is 2.00 bits per heavy atom. The number of carbonyl (C=O) groups is 2. The van der Waals surface area contributed by atoms with E-state index in [1.807, 2.05) is 11.8 Å². The maximum atomic E-state index is 11.9. The number of rotatable bonds is 8. The van der Waals surface area contributed by atoms with Gasteiger partial charge < -0.3 is 19.7 Å². The van der Waals surface area contributed by atoms with Crippen molar-refractivity contribution in [2.75, 3.05) is 59.2 Å². The molecule has 0 aromatic heterocycles. The monoisotopic (exact) mass is 356 g/mol. The molecule has 0 radical (unpaired) electrons. The normalized spacial score (nSPS) is 22.3. The number of carboxylic acid groups (broad SMARTS) is 2. The highest BCUT2D eigenvalue weighted by atomic mass is 16.5. The van der Waals surface area contributed by atoms with Crippen molar-refractivity contribution in [3.63, 3.8) is 0 Å². The fraction of sp³-hybridized carbons (Fsp3) is 0.765.